The molecule has 0 saturated heterocycles. The SMILES string of the molecule is O=C(O)c1nc2ccccn2c1N=Nc1cc([N+](=O)[O-])ccc1O. The number of azo groups is 1. The van der Waals surface area contributed by atoms with Crippen LogP contribution in [-0.2, 0) is 0 Å². The maximum absolute atomic E-state index is 11.3. The fourth-order valence-electron chi connectivity index (χ4n) is 2.03. The first-order valence-corrected chi connectivity index (χ1v) is 6.57. The minimum absolute atomic E-state index is 0.0657. The second-order valence-electron chi connectivity index (χ2n) is 4.65. The topological polar surface area (TPSA) is 143 Å². The summed E-state index contributed by atoms with van der Waals surface area (Å²) >= 11 is 0. The quantitative estimate of drug-likeness (QED) is 0.428. The van der Waals surface area contributed by atoms with Gasteiger partial charge in [0.1, 0.15) is 17.1 Å². The van der Waals surface area contributed by atoms with Gasteiger partial charge in [0, 0.05) is 18.3 Å². The Kier molecular flexibility index (Phi) is 3.62. The van der Waals surface area contributed by atoms with Crippen LogP contribution in [0.3, 0.4) is 0 Å². The summed E-state index contributed by atoms with van der Waals surface area (Å²) in [5, 5.41) is 37.3. The molecule has 0 amide bonds. The first kappa shape index (κ1) is 15.1. The highest BCUT2D eigenvalue weighted by Crippen LogP contribution is 2.32. The van der Waals surface area contributed by atoms with Crippen molar-refractivity contribution < 1.29 is 19.9 Å². The summed E-state index contributed by atoms with van der Waals surface area (Å²) in [7, 11) is 0. The number of carboxylic acid groups (broad SMARTS) is 1. The van der Waals surface area contributed by atoms with Crippen LogP contribution in [0.2, 0.25) is 0 Å². The van der Waals surface area contributed by atoms with Crippen LogP contribution in [0.5, 0.6) is 5.75 Å². The molecule has 2 aromatic heterocycles. The largest absolute Gasteiger partial charge is 0.506 e. The van der Waals surface area contributed by atoms with Crippen molar-refractivity contribution >= 4 is 28.8 Å². The number of phenolic OH excluding ortho intramolecular Hbond substituents is 1. The maximum atomic E-state index is 11.3. The average molecular weight is 327 g/mol. The molecule has 0 saturated carbocycles. The van der Waals surface area contributed by atoms with E-state index in [0.29, 0.717) is 5.65 Å². The van der Waals surface area contributed by atoms with Crippen molar-refractivity contribution in [2.24, 2.45) is 10.2 Å². The van der Waals surface area contributed by atoms with Crippen LogP contribution >= 0.6 is 0 Å². The van der Waals surface area contributed by atoms with E-state index in [1.807, 2.05) is 0 Å². The zero-order valence-electron chi connectivity index (χ0n) is 11.9. The Morgan fingerprint density at radius 2 is 2.04 bits per heavy atom. The average Bonchev–Trinajstić information content (AvgIpc) is 2.93. The number of carbonyl (C=O) groups is 1. The number of hydrogen-bond acceptors (Lipinski definition) is 7. The van der Waals surface area contributed by atoms with Crippen molar-refractivity contribution in [1.82, 2.24) is 9.38 Å². The van der Waals surface area contributed by atoms with Crippen LogP contribution in [0, 0.1) is 10.1 Å². The van der Waals surface area contributed by atoms with Crippen molar-refractivity contribution in [3.8, 4) is 5.75 Å². The molecule has 0 atom stereocenters. The van der Waals surface area contributed by atoms with Gasteiger partial charge in [0.2, 0.25) is 0 Å². The minimum atomic E-state index is -1.30. The number of pyridine rings is 1. The molecule has 0 bridgehead atoms. The number of aromatic carboxylic acids is 1. The predicted molar refractivity (Wildman–Crippen MR) is 81.1 cm³/mol. The number of phenols is 1. The third-order valence-electron chi connectivity index (χ3n) is 3.13. The lowest BCUT2D eigenvalue weighted by atomic mass is 10.2. The second kappa shape index (κ2) is 5.76. The molecule has 3 aromatic rings. The van der Waals surface area contributed by atoms with E-state index in [1.165, 1.54) is 4.40 Å². The number of nitro benzene ring substituents is 1. The van der Waals surface area contributed by atoms with Crippen LogP contribution in [0.25, 0.3) is 5.65 Å². The molecule has 3 rings (SSSR count). The number of hydrogen-bond donors (Lipinski definition) is 2. The van der Waals surface area contributed by atoms with Crippen molar-refractivity contribution in [2.75, 3.05) is 0 Å². The van der Waals surface area contributed by atoms with Crippen LogP contribution in [-0.4, -0.2) is 30.5 Å². The molecule has 0 unspecified atom stereocenters. The number of aromatic nitrogens is 2. The number of nitrogens with zero attached hydrogens (tertiary/aromatic N) is 5. The molecule has 24 heavy (non-hydrogen) atoms. The molecule has 2 N–H and O–H groups in total. The van der Waals surface area contributed by atoms with Gasteiger partial charge in [-0.25, -0.2) is 9.78 Å². The van der Waals surface area contributed by atoms with Gasteiger partial charge < -0.3 is 10.2 Å². The summed E-state index contributed by atoms with van der Waals surface area (Å²) in [5.41, 5.74) is -0.410. The molecule has 0 spiro atoms. The van der Waals surface area contributed by atoms with E-state index in [2.05, 4.69) is 15.2 Å². The maximum Gasteiger partial charge on any atom is 0.358 e. The number of non-ortho nitro benzene ring substituents is 1. The van der Waals surface area contributed by atoms with E-state index in [1.54, 1.807) is 24.4 Å². The Balaban J connectivity index is 2.11. The number of nitro groups is 1. The van der Waals surface area contributed by atoms with E-state index in [4.69, 9.17) is 0 Å². The van der Waals surface area contributed by atoms with Gasteiger partial charge in [-0.15, -0.1) is 10.2 Å². The first-order chi connectivity index (χ1) is 11.5. The zero-order valence-corrected chi connectivity index (χ0v) is 11.9. The summed E-state index contributed by atoms with van der Waals surface area (Å²) in [5.74, 6) is -1.69. The predicted octanol–water partition coefficient (Wildman–Crippen LogP) is 3.06. The smallest absolute Gasteiger partial charge is 0.358 e. The zero-order chi connectivity index (χ0) is 17.3. The normalized spacial score (nSPS) is 11.2. The molecule has 0 aliphatic rings. The summed E-state index contributed by atoms with van der Waals surface area (Å²) in [6.07, 6.45) is 1.55. The molecule has 0 aliphatic carbocycles. The molecule has 1 aromatic carbocycles. The molecule has 0 radical (unpaired) electrons. The van der Waals surface area contributed by atoms with Crippen molar-refractivity contribution in [3.05, 3.63) is 58.4 Å². The number of benzene rings is 1. The van der Waals surface area contributed by atoms with Crippen LogP contribution in [0.1, 0.15) is 10.5 Å². The van der Waals surface area contributed by atoms with E-state index in [0.717, 1.165) is 18.2 Å². The Bertz CT molecular complexity index is 994. The minimum Gasteiger partial charge on any atom is -0.506 e. The van der Waals surface area contributed by atoms with Crippen molar-refractivity contribution in [2.45, 2.75) is 0 Å². The standard InChI is InChI=1S/C14H9N5O5/c20-10-5-4-8(19(23)24)7-9(10)16-17-13-12(14(21)22)15-11-3-1-2-6-18(11)13/h1-7,20H,(H,21,22). The third-order valence-corrected chi connectivity index (χ3v) is 3.13. The number of carboxylic acids is 1. The lowest BCUT2D eigenvalue weighted by Gasteiger charge is -1.98. The molecule has 10 heteroatoms. The fraction of sp³-hybridized carbons (Fsp3) is 0. The van der Waals surface area contributed by atoms with E-state index in [-0.39, 0.29) is 28.6 Å². The highest BCUT2D eigenvalue weighted by atomic mass is 16.6. The van der Waals surface area contributed by atoms with Crippen molar-refractivity contribution in [3.63, 3.8) is 0 Å². The van der Waals surface area contributed by atoms with Crippen LogP contribution in [0.15, 0.2) is 52.8 Å². The lowest BCUT2D eigenvalue weighted by molar-refractivity contribution is -0.384. The Labute approximate surface area is 133 Å². The molecule has 120 valence electrons. The number of fused-ring (bicyclic) bond motifs is 1. The van der Waals surface area contributed by atoms with Crippen LogP contribution in [0.4, 0.5) is 17.2 Å². The van der Waals surface area contributed by atoms with Gasteiger partial charge in [-0.2, -0.15) is 0 Å². The van der Waals surface area contributed by atoms with Crippen LogP contribution < -0.4 is 0 Å². The van der Waals surface area contributed by atoms with E-state index in [9.17, 15) is 25.1 Å². The molecule has 10 nitrogen and oxygen atoms in total. The molecule has 0 aliphatic heterocycles. The van der Waals surface area contributed by atoms with E-state index >= 15 is 0 Å². The Hall–Kier alpha value is -3.82. The Morgan fingerprint density at radius 1 is 1.25 bits per heavy atom. The second-order valence-corrected chi connectivity index (χ2v) is 4.65. The van der Waals surface area contributed by atoms with Gasteiger partial charge in [0.05, 0.1) is 4.92 Å². The summed E-state index contributed by atoms with van der Waals surface area (Å²) in [6, 6.07) is 8.19. The Morgan fingerprint density at radius 3 is 2.75 bits per heavy atom. The number of imidazole rings is 1. The summed E-state index contributed by atoms with van der Waals surface area (Å²) < 4.78 is 1.40. The third kappa shape index (κ3) is 2.63. The van der Waals surface area contributed by atoms with Gasteiger partial charge in [-0.05, 0) is 18.2 Å². The first-order valence-electron chi connectivity index (χ1n) is 6.57. The highest BCUT2D eigenvalue weighted by Gasteiger charge is 2.18. The fourth-order valence-corrected chi connectivity index (χ4v) is 2.03. The van der Waals surface area contributed by atoms with Gasteiger partial charge in [-0.1, -0.05) is 6.07 Å². The van der Waals surface area contributed by atoms with E-state index < -0.39 is 10.9 Å². The summed E-state index contributed by atoms with van der Waals surface area (Å²) in [4.78, 5) is 25.4. The summed E-state index contributed by atoms with van der Waals surface area (Å²) in [6.45, 7) is 0. The van der Waals surface area contributed by atoms with Gasteiger partial charge in [0.25, 0.3) is 5.69 Å². The van der Waals surface area contributed by atoms with Crippen molar-refractivity contribution in [1.29, 1.82) is 0 Å². The molecule has 2 heterocycles. The highest BCUT2D eigenvalue weighted by molar-refractivity contribution is 5.91. The monoisotopic (exact) mass is 327 g/mol. The van der Waals surface area contributed by atoms with Gasteiger partial charge in [0.15, 0.2) is 11.5 Å². The lowest BCUT2D eigenvalue weighted by Crippen LogP contribution is -1.96. The molecular weight excluding hydrogens is 318 g/mol. The number of aromatic hydroxyl groups is 1. The number of rotatable bonds is 4. The molecular formula is C14H9N5O5. The van der Waals surface area contributed by atoms with Gasteiger partial charge in [-0.3, -0.25) is 14.5 Å². The van der Waals surface area contributed by atoms with Gasteiger partial charge >= 0.3 is 5.97 Å². The molecule has 0 fully saturated rings.